The third kappa shape index (κ3) is 6.93. The number of aliphatic carboxylic acids is 1. The van der Waals surface area contributed by atoms with Crippen molar-refractivity contribution in [3.63, 3.8) is 0 Å². The Kier molecular flexibility index (Phi) is 8.61. The SMILES string of the molecule is COC(=O)Nc1ccc(-c2cc(C(CC(=O)O)NC(=O)C=Cc3cc(Cl)ccc3-n3cnnn3)n[nH]c2=O)cc1. The normalized spacial score (nSPS) is 11.7. The minimum absolute atomic E-state index is 0.118. The number of ether oxygens (including phenoxy) is 1. The summed E-state index contributed by atoms with van der Waals surface area (Å²) < 4.78 is 5.94. The second-order valence-corrected chi connectivity index (χ2v) is 8.62. The van der Waals surface area contributed by atoms with E-state index < -0.39 is 36.0 Å². The van der Waals surface area contributed by atoms with Crippen molar-refractivity contribution in [3.8, 4) is 16.8 Å². The smallest absolute Gasteiger partial charge is 0.411 e. The summed E-state index contributed by atoms with van der Waals surface area (Å²) in [5.74, 6) is -1.82. The maximum atomic E-state index is 12.8. The molecule has 0 radical (unpaired) electrons. The number of aromatic nitrogens is 6. The van der Waals surface area contributed by atoms with Crippen LogP contribution in [0.15, 0.2) is 65.7 Å². The molecular weight excluding hydrogens is 544 g/mol. The van der Waals surface area contributed by atoms with Gasteiger partial charge in [-0.1, -0.05) is 23.7 Å². The number of halogens is 1. The van der Waals surface area contributed by atoms with Crippen LogP contribution in [0.3, 0.4) is 0 Å². The van der Waals surface area contributed by atoms with Crippen LogP contribution < -0.4 is 16.2 Å². The van der Waals surface area contributed by atoms with Crippen molar-refractivity contribution in [1.29, 1.82) is 0 Å². The van der Waals surface area contributed by atoms with Crippen LogP contribution in [0.4, 0.5) is 10.5 Å². The van der Waals surface area contributed by atoms with Gasteiger partial charge in [0.25, 0.3) is 5.56 Å². The van der Waals surface area contributed by atoms with Crippen LogP contribution in [0, 0.1) is 0 Å². The maximum absolute atomic E-state index is 12.8. The highest BCUT2D eigenvalue weighted by molar-refractivity contribution is 6.30. The molecule has 0 fully saturated rings. The predicted octanol–water partition coefficient (Wildman–Crippen LogP) is 2.59. The largest absolute Gasteiger partial charge is 0.481 e. The Labute approximate surface area is 230 Å². The standard InChI is InChI=1S/C25H21ClN8O6/c1-40-25(39)28-17-6-2-14(3-7-17)18-11-20(30-31-24(18)38)19(12-23(36)37)29-22(35)9-4-15-10-16(26)5-8-21(15)34-13-27-32-33-34/h2-11,13,19H,12H2,1H3,(H,28,39)(H,29,35)(H,31,38)(H,36,37). The third-order valence-corrected chi connectivity index (χ3v) is 5.74. The molecule has 2 amide bonds. The van der Waals surface area contributed by atoms with Crippen molar-refractivity contribution in [3.05, 3.63) is 87.6 Å². The number of nitrogens with zero attached hydrogens (tertiary/aromatic N) is 5. The molecule has 0 saturated carbocycles. The van der Waals surface area contributed by atoms with Crippen LogP contribution in [0.2, 0.25) is 5.02 Å². The van der Waals surface area contributed by atoms with Gasteiger partial charge in [0, 0.05) is 22.3 Å². The summed E-state index contributed by atoms with van der Waals surface area (Å²) in [5.41, 5.74) is 1.75. The molecule has 15 heteroatoms. The second-order valence-electron chi connectivity index (χ2n) is 8.18. The lowest BCUT2D eigenvalue weighted by Crippen LogP contribution is -2.30. The molecule has 0 saturated heterocycles. The minimum Gasteiger partial charge on any atom is -0.481 e. The van der Waals surface area contributed by atoms with Crippen molar-refractivity contribution in [2.75, 3.05) is 12.4 Å². The van der Waals surface area contributed by atoms with Gasteiger partial charge in [-0.2, -0.15) is 9.78 Å². The molecule has 2 heterocycles. The van der Waals surface area contributed by atoms with Crippen molar-refractivity contribution in [2.24, 2.45) is 0 Å². The zero-order valence-corrected chi connectivity index (χ0v) is 21.5. The number of tetrazole rings is 1. The van der Waals surface area contributed by atoms with Crippen LogP contribution in [0.25, 0.3) is 22.9 Å². The number of rotatable bonds is 9. The third-order valence-electron chi connectivity index (χ3n) is 5.50. The number of hydrogen-bond acceptors (Lipinski definition) is 9. The molecule has 1 atom stereocenters. The van der Waals surface area contributed by atoms with Crippen LogP contribution >= 0.6 is 11.6 Å². The lowest BCUT2D eigenvalue weighted by atomic mass is 10.0. The Morgan fingerprint density at radius 2 is 1.95 bits per heavy atom. The average Bonchev–Trinajstić information content (AvgIpc) is 3.47. The summed E-state index contributed by atoms with van der Waals surface area (Å²) in [6.45, 7) is 0. The molecule has 4 N–H and O–H groups in total. The summed E-state index contributed by atoms with van der Waals surface area (Å²) in [6, 6.07) is 11.5. The molecule has 2 aromatic heterocycles. The summed E-state index contributed by atoms with van der Waals surface area (Å²) in [5, 5.41) is 32.3. The number of carbonyl (C=O) groups excluding carboxylic acids is 2. The fourth-order valence-corrected chi connectivity index (χ4v) is 3.83. The Hall–Kier alpha value is -5.37. The van der Waals surface area contributed by atoms with E-state index in [9.17, 15) is 24.3 Å². The van der Waals surface area contributed by atoms with E-state index in [4.69, 9.17) is 11.6 Å². The van der Waals surface area contributed by atoms with Gasteiger partial charge < -0.3 is 15.2 Å². The van der Waals surface area contributed by atoms with Gasteiger partial charge in [0.05, 0.1) is 36.5 Å². The topological polar surface area (TPSA) is 194 Å². The second kappa shape index (κ2) is 12.4. The maximum Gasteiger partial charge on any atom is 0.411 e. The lowest BCUT2D eigenvalue weighted by molar-refractivity contribution is -0.137. The van der Waals surface area contributed by atoms with E-state index >= 15 is 0 Å². The molecule has 0 aliphatic rings. The molecule has 4 rings (SSSR count). The van der Waals surface area contributed by atoms with Crippen molar-refractivity contribution >= 4 is 41.3 Å². The zero-order chi connectivity index (χ0) is 28.6. The van der Waals surface area contributed by atoms with Gasteiger partial charge in [-0.15, -0.1) is 5.10 Å². The first-order chi connectivity index (χ1) is 19.2. The Balaban J connectivity index is 1.57. The molecule has 0 spiro atoms. The average molecular weight is 565 g/mol. The van der Waals surface area contributed by atoms with Gasteiger partial charge in [0.15, 0.2) is 0 Å². The highest BCUT2D eigenvalue weighted by Crippen LogP contribution is 2.23. The number of carboxylic acids is 1. The summed E-state index contributed by atoms with van der Waals surface area (Å²) >= 11 is 6.11. The van der Waals surface area contributed by atoms with Crippen molar-refractivity contribution in [2.45, 2.75) is 12.5 Å². The number of benzene rings is 2. The molecule has 1 unspecified atom stereocenters. The highest BCUT2D eigenvalue weighted by atomic mass is 35.5. The van der Waals surface area contributed by atoms with E-state index in [0.717, 1.165) is 0 Å². The molecule has 40 heavy (non-hydrogen) atoms. The molecule has 2 aromatic carbocycles. The first-order valence-electron chi connectivity index (χ1n) is 11.5. The number of aromatic amines is 1. The predicted molar refractivity (Wildman–Crippen MR) is 143 cm³/mol. The molecular formula is C25H21ClN8O6. The van der Waals surface area contributed by atoms with E-state index in [-0.39, 0.29) is 11.3 Å². The van der Waals surface area contributed by atoms with Gasteiger partial charge in [-0.25, -0.2) is 9.89 Å². The van der Waals surface area contributed by atoms with E-state index in [2.05, 4.69) is 41.1 Å². The first-order valence-corrected chi connectivity index (χ1v) is 11.9. The lowest BCUT2D eigenvalue weighted by Gasteiger charge is -2.16. The number of H-pyrrole nitrogens is 1. The minimum atomic E-state index is -1.20. The Morgan fingerprint density at radius 3 is 2.62 bits per heavy atom. The number of nitrogens with one attached hydrogen (secondary N) is 3. The van der Waals surface area contributed by atoms with Crippen LogP contribution in [0.5, 0.6) is 0 Å². The summed E-state index contributed by atoms with van der Waals surface area (Å²) in [4.78, 5) is 48.3. The fourth-order valence-electron chi connectivity index (χ4n) is 3.64. The number of carbonyl (C=O) groups is 3. The van der Waals surface area contributed by atoms with E-state index in [1.165, 1.54) is 36.3 Å². The van der Waals surface area contributed by atoms with Gasteiger partial charge in [0.2, 0.25) is 5.91 Å². The molecule has 0 aliphatic carbocycles. The first kappa shape index (κ1) is 27.7. The number of anilines is 1. The van der Waals surface area contributed by atoms with E-state index in [1.54, 1.807) is 42.5 Å². The molecule has 204 valence electrons. The van der Waals surface area contributed by atoms with Gasteiger partial charge in [-0.05, 0) is 58.5 Å². The van der Waals surface area contributed by atoms with Crippen LogP contribution in [-0.2, 0) is 14.3 Å². The summed E-state index contributed by atoms with van der Waals surface area (Å²) in [7, 11) is 1.23. The zero-order valence-electron chi connectivity index (χ0n) is 20.7. The van der Waals surface area contributed by atoms with E-state index in [1.807, 2.05) is 0 Å². The van der Waals surface area contributed by atoms with E-state index in [0.29, 0.717) is 27.5 Å². The van der Waals surface area contributed by atoms with Crippen molar-refractivity contribution in [1.82, 2.24) is 35.7 Å². The highest BCUT2D eigenvalue weighted by Gasteiger charge is 2.21. The van der Waals surface area contributed by atoms with Crippen LogP contribution in [0.1, 0.15) is 23.7 Å². The fraction of sp³-hybridized carbons (Fsp3) is 0.120. The molecule has 14 nitrogen and oxygen atoms in total. The molecule has 0 aliphatic heterocycles. The van der Waals surface area contributed by atoms with Gasteiger partial charge in [0.1, 0.15) is 6.33 Å². The van der Waals surface area contributed by atoms with Crippen LogP contribution in [-0.4, -0.2) is 60.6 Å². The van der Waals surface area contributed by atoms with Crippen molar-refractivity contribution < 1.29 is 24.2 Å². The Morgan fingerprint density at radius 1 is 1.18 bits per heavy atom. The van der Waals surface area contributed by atoms with Gasteiger partial charge >= 0.3 is 12.1 Å². The molecule has 4 aromatic rings. The summed E-state index contributed by atoms with van der Waals surface area (Å²) in [6.07, 6.45) is 2.90. The Bertz CT molecular complexity index is 1620. The molecule has 0 bridgehead atoms. The number of hydrogen-bond donors (Lipinski definition) is 4. The van der Waals surface area contributed by atoms with Gasteiger partial charge in [-0.3, -0.25) is 19.7 Å². The number of amides is 2. The quantitative estimate of drug-likeness (QED) is 0.219. The number of methoxy groups -OCH3 is 1. The monoisotopic (exact) mass is 564 g/mol. The number of carboxylic acid groups (broad SMARTS) is 1.